The van der Waals surface area contributed by atoms with Crippen molar-refractivity contribution in [3.63, 3.8) is 0 Å². The molecule has 2 N–H and O–H groups in total. The SMILES string of the molecule is Cc1cc(C)c2sc(NC(=O)c3cccc(NS(=O)(=O)c4ccccc4)c3)nc2c1. The van der Waals surface area contributed by atoms with Gasteiger partial charge in [-0.05, 0) is 61.4 Å². The van der Waals surface area contributed by atoms with E-state index in [4.69, 9.17) is 0 Å². The van der Waals surface area contributed by atoms with Gasteiger partial charge in [0.05, 0.1) is 15.1 Å². The second-order valence-corrected chi connectivity index (χ2v) is 9.58. The molecule has 1 heterocycles. The molecule has 4 aromatic rings. The van der Waals surface area contributed by atoms with Gasteiger partial charge in [0, 0.05) is 11.3 Å². The molecule has 8 heteroatoms. The molecule has 0 aliphatic rings. The topological polar surface area (TPSA) is 88.2 Å². The Bertz CT molecular complexity index is 1350. The first-order valence-electron chi connectivity index (χ1n) is 9.19. The number of benzene rings is 3. The third-order valence-electron chi connectivity index (χ3n) is 4.47. The third kappa shape index (κ3) is 4.19. The Balaban J connectivity index is 1.55. The van der Waals surface area contributed by atoms with Crippen LogP contribution in [0.2, 0.25) is 0 Å². The lowest BCUT2D eigenvalue weighted by Gasteiger charge is -2.09. The molecule has 0 saturated carbocycles. The van der Waals surface area contributed by atoms with Crippen molar-refractivity contribution < 1.29 is 13.2 Å². The molecule has 4 rings (SSSR count). The molecule has 6 nitrogen and oxygen atoms in total. The fourth-order valence-electron chi connectivity index (χ4n) is 3.14. The quantitative estimate of drug-likeness (QED) is 0.462. The number of sulfonamides is 1. The summed E-state index contributed by atoms with van der Waals surface area (Å²) in [6.45, 7) is 4.02. The minimum atomic E-state index is -3.73. The Morgan fingerprint density at radius 2 is 1.73 bits per heavy atom. The van der Waals surface area contributed by atoms with Gasteiger partial charge in [0.25, 0.3) is 15.9 Å². The van der Waals surface area contributed by atoms with Gasteiger partial charge in [0.2, 0.25) is 0 Å². The Kier molecular flexibility index (Phi) is 5.27. The van der Waals surface area contributed by atoms with E-state index in [1.807, 2.05) is 19.9 Å². The van der Waals surface area contributed by atoms with Gasteiger partial charge in [-0.2, -0.15) is 0 Å². The molecule has 1 amide bonds. The summed E-state index contributed by atoms with van der Waals surface area (Å²) < 4.78 is 28.6. The zero-order valence-electron chi connectivity index (χ0n) is 16.3. The predicted octanol–water partition coefficient (Wildman–Crippen LogP) is 4.97. The van der Waals surface area contributed by atoms with E-state index in [1.165, 1.54) is 29.5 Å². The molecule has 0 fully saturated rings. The molecule has 30 heavy (non-hydrogen) atoms. The van der Waals surface area contributed by atoms with E-state index < -0.39 is 10.0 Å². The van der Waals surface area contributed by atoms with Crippen molar-refractivity contribution in [2.45, 2.75) is 18.7 Å². The number of fused-ring (bicyclic) bond motifs is 1. The van der Waals surface area contributed by atoms with Gasteiger partial charge < -0.3 is 0 Å². The van der Waals surface area contributed by atoms with Gasteiger partial charge in [-0.25, -0.2) is 13.4 Å². The first kappa shape index (κ1) is 20.1. The monoisotopic (exact) mass is 437 g/mol. The molecule has 1 aromatic heterocycles. The third-order valence-corrected chi connectivity index (χ3v) is 6.99. The summed E-state index contributed by atoms with van der Waals surface area (Å²) in [5.41, 5.74) is 3.71. The number of nitrogens with one attached hydrogen (secondary N) is 2. The molecule has 152 valence electrons. The van der Waals surface area contributed by atoms with E-state index in [-0.39, 0.29) is 10.8 Å². The van der Waals surface area contributed by atoms with Crippen molar-refractivity contribution in [2.24, 2.45) is 0 Å². The summed E-state index contributed by atoms with van der Waals surface area (Å²) in [5.74, 6) is -0.357. The van der Waals surface area contributed by atoms with Crippen LogP contribution in [0, 0.1) is 13.8 Å². The molecule has 0 radical (unpaired) electrons. The Labute approximate surface area is 178 Å². The van der Waals surface area contributed by atoms with E-state index >= 15 is 0 Å². The minimum absolute atomic E-state index is 0.153. The smallest absolute Gasteiger partial charge is 0.261 e. The molecule has 0 saturated heterocycles. The molecule has 0 spiro atoms. The number of aromatic nitrogens is 1. The number of carbonyl (C=O) groups excluding carboxylic acids is 1. The summed E-state index contributed by atoms with van der Waals surface area (Å²) >= 11 is 1.41. The maximum absolute atomic E-state index is 12.7. The van der Waals surface area contributed by atoms with Crippen LogP contribution in [0.1, 0.15) is 21.5 Å². The lowest BCUT2D eigenvalue weighted by molar-refractivity contribution is 0.102. The lowest BCUT2D eigenvalue weighted by Crippen LogP contribution is -2.15. The van der Waals surface area contributed by atoms with Crippen molar-refractivity contribution in [2.75, 3.05) is 10.0 Å². The van der Waals surface area contributed by atoms with Gasteiger partial charge in [-0.15, -0.1) is 0 Å². The Morgan fingerprint density at radius 3 is 2.50 bits per heavy atom. The summed E-state index contributed by atoms with van der Waals surface area (Å²) in [6.07, 6.45) is 0. The van der Waals surface area contributed by atoms with Crippen molar-refractivity contribution in [3.05, 3.63) is 83.4 Å². The van der Waals surface area contributed by atoms with Crippen LogP contribution in [0.5, 0.6) is 0 Å². The predicted molar refractivity (Wildman–Crippen MR) is 121 cm³/mol. The minimum Gasteiger partial charge on any atom is -0.298 e. The van der Waals surface area contributed by atoms with Gasteiger partial charge >= 0.3 is 0 Å². The van der Waals surface area contributed by atoms with Gasteiger partial charge in [0.1, 0.15) is 0 Å². The maximum Gasteiger partial charge on any atom is 0.261 e. The molecule has 0 aliphatic heterocycles. The number of rotatable bonds is 5. The second-order valence-electron chi connectivity index (χ2n) is 6.90. The van der Waals surface area contributed by atoms with Crippen LogP contribution in [0.25, 0.3) is 10.2 Å². The Hall–Kier alpha value is -3.23. The number of amides is 1. The van der Waals surface area contributed by atoms with Crippen LogP contribution in [-0.4, -0.2) is 19.3 Å². The fraction of sp³-hybridized carbons (Fsp3) is 0.0909. The van der Waals surface area contributed by atoms with Crippen LogP contribution in [0.4, 0.5) is 10.8 Å². The maximum atomic E-state index is 12.7. The van der Waals surface area contributed by atoms with E-state index in [2.05, 4.69) is 21.1 Å². The molecule has 0 atom stereocenters. The van der Waals surface area contributed by atoms with Gasteiger partial charge in [-0.3, -0.25) is 14.8 Å². The average molecular weight is 438 g/mol. The summed E-state index contributed by atoms with van der Waals surface area (Å²) in [4.78, 5) is 17.4. The normalized spacial score (nSPS) is 11.4. The lowest BCUT2D eigenvalue weighted by atomic mass is 10.1. The number of anilines is 2. The number of hydrogen-bond acceptors (Lipinski definition) is 5. The van der Waals surface area contributed by atoms with Crippen LogP contribution in [-0.2, 0) is 10.0 Å². The summed E-state index contributed by atoms with van der Waals surface area (Å²) in [5, 5.41) is 3.31. The molecule has 0 unspecified atom stereocenters. The highest BCUT2D eigenvalue weighted by Crippen LogP contribution is 2.30. The molecule has 0 bridgehead atoms. The first-order valence-corrected chi connectivity index (χ1v) is 11.5. The average Bonchev–Trinajstić information content (AvgIpc) is 3.11. The number of carbonyl (C=O) groups is 1. The number of hydrogen-bond donors (Lipinski definition) is 2. The van der Waals surface area contributed by atoms with Crippen molar-refractivity contribution in [1.29, 1.82) is 0 Å². The van der Waals surface area contributed by atoms with Crippen LogP contribution in [0.15, 0.2) is 71.6 Å². The van der Waals surface area contributed by atoms with E-state index in [1.54, 1.807) is 36.4 Å². The zero-order chi connectivity index (χ0) is 21.3. The van der Waals surface area contributed by atoms with Crippen molar-refractivity contribution >= 4 is 48.3 Å². The Morgan fingerprint density at radius 1 is 0.967 bits per heavy atom. The van der Waals surface area contributed by atoms with Gasteiger partial charge in [-0.1, -0.05) is 41.7 Å². The van der Waals surface area contributed by atoms with Crippen LogP contribution < -0.4 is 10.0 Å². The highest BCUT2D eigenvalue weighted by atomic mass is 32.2. The summed E-state index contributed by atoms with van der Waals surface area (Å²) in [7, 11) is -3.73. The van der Waals surface area contributed by atoms with E-state index in [0.29, 0.717) is 16.4 Å². The van der Waals surface area contributed by atoms with Crippen molar-refractivity contribution in [1.82, 2.24) is 4.98 Å². The molecule has 3 aromatic carbocycles. The summed E-state index contributed by atoms with van der Waals surface area (Å²) in [6, 6.07) is 18.5. The standard InChI is InChI=1S/C22H19N3O3S2/c1-14-11-15(2)20-19(12-14)23-22(29-20)24-21(26)16-7-6-8-17(13-16)25-30(27,28)18-9-4-3-5-10-18/h3-13,25H,1-2H3,(H,23,24,26). The molecular weight excluding hydrogens is 418 g/mol. The highest BCUT2D eigenvalue weighted by molar-refractivity contribution is 7.92. The van der Waals surface area contributed by atoms with E-state index in [0.717, 1.165) is 21.3 Å². The molecule has 0 aliphatic carbocycles. The highest BCUT2D eigenvalue weighted by Gasteiger charge is 2.16. The molecular formula is C22H19N3O3S2. The zero-order valence-corrected chi connectivity index (χ0v) is 18.0. The van der Waals surface area contributed by atoms with Crippen LogP contribution >= 0.6 is 11.3 Å². The van der Waals surface area contributed by atoms with Gasteiger partial charge in [0.15, 0.2) is 5.13 Å². The van der Waals surface area contributed by atoms with Crippen LogP contribution in [0.3, 0.4) is 0 Å². The van der Waals surface area contributed by atoms with E-state index in [9.17, 15) is 13.2 Å². The first-order chi connectivity index (χ1) is 14.3. The number of thiazole rings is 1. The fourth-order valence-corrected chi connectivity index (χ4v) is 5.12. The number of aryl methyl sites for hydroxylation is 2. The van der Waals surface area contributed by atoms with Crippen molar-refractivity contribution in [3.8, 4) is 0 Å². The second kappa shape index (κ2) is 7.89. The number of nitrogens with zero attached hydrogens (tertiary/aromatic N) is 1. The largest absolute Gasteiger partial charge is 0.298 e.